The van der Waals surface area contributed by atoms with E-state index in [2.05, 4.69) is 20.6 Å². The molecule has 0 spiro atoms. The molecule has 36 heavy (non-hydrogen) atoms. The van der Waals surface area contributed by atoms with Gasteiger partial charge in [-0.3, -0.25) is 19.4 Å². The Morgan fingerprint density at radius 2 is 1.92 bits per heavy atom. The Labute approximate surface area is 207 Å². The number of fused-ring (bicyclic) bond motifs is 1. The van der Waals surface area contributed by atoms with Gasteiger partial charge >= 0.3 is 0 Å². The van der Waals surface area contributed by atoms with Gasteiger partial charge in [0.25, 0.3) is 17.4 Å². The third-order valence-corrected chi connectivity index (χ3v) is 5.81. The van der Waals surface area contributed by atoms with Gasteiger partial charge < -0.3 is 20.2 Å². The van der Waals surface area contributed by atoms with Gasteiger partial charge in [0, 0.05) is 48.3 Å². The first-order valence-corrected chi connectivity index (χ1v) is 11.4. The summed E-state index contributed by atoms with van der Waals surface area (Å²) in [5.74, 6) is -0.584. The quantitative estimate of drug-likeness (QED) is 0.354. The fourth-order valence-corrected chi connectivity index (χ4v) is 4.01. The number of amides is 2. The molecule has 0 unspecified atom stereocenters. The van der Waals surface area contributed by atoms with Crippen molar-refractivity contribution in [1.82, 2.24) is 19.9 Å². The van der Waals surface area contributed by atoms with Crippen molar-refractivity contribution < 1.29 is 9.59 Å². The number of nitrogens with zero attached hydrogens (tertiary/aromatic N) is 2. The van der Waals surface area contributed by atoms with E-state index in [1.165, 1.54) is 10.6 Å². The van der Waals surface area contributed by atoms with Crippen molar-refractivity contribution in [2.75, 3.05) is 11.9 Å². The summed E-state index contributed by atoms with van der Waals surface area (Å²) in [6.07, 6.45) is 12.3. The fraction of sp³-hybridized carbons (Fsp3) is 0.0714. The zero-order valence-corrected chi connectivity index (χ0v) is 19.3. The molecule has 4 heterocycles. The van der Waals surface area contributed by atoms with Crippen molar-refractivity contribution >= 4 is 35.2 Å². The third-order valence-electron chi connectivity index (χ3n) is 5.81. The first kappa shape index (κ1) is 22.8. The summed E-state index contributed by atoms with van der Waals surface area (Å²) in [5, 5.41) is 5.65. The molecule has 3 N–H and O–H groups in total. The van der Waals surface area contributed by atoms with E-state index in [0.717, 1.165) is 28.1 Å². The molecule has 0 saturated heterocycles. The summed E-state index contributed by atoms with van der Waals surface area (Å²) in [6, 6.07) is 16.3. The van der Waals surface area contributed by atoms with Gasteiger partial charge in [0.15, 0.2) is 0 Å². The van der Waals surface area contributed by atoms with Crippen molar-refractivity contribution in [3.63, 3.8) is 0 Å². The maximum Gasteiger partial charge on any atom is 0.263 e. The lowest BCUT2D eigenvalue weighted by Crippen LogP contribution is -2.33. The van der Waals surface area contributed by atoms with E-state index in [1.807, 2.05) is 60.8 Å². The lowest BCUT2D eigenvalue weighted by atomic mass is 10.0. The second-order valence-corrected chi connectivity index (χ2v) is 8.27. The van der Waals surface area contributed by atoms with Gasteiger partial charge in [0.05, 0.1) is 12.1 Å². The molecule has 0 aliphatic carbocycles. The van der Waals surface area contributed by atoms with Gasteiger partial charge in [-0.25, -0.2) is 0 Å². The number of nitrogens with one attached hydrogen (secondary N) is 3. The van der Waals surface area contributed by atoms with E-state index in [9.17, 15) is 14.4 Å². The molecule has 1 aliphatic heterocycles. The predicted octanol–water partition coefficient (Wildman–Crippen LogP) is 3.56. The highest BCUT2D eigenvalue weighted by atomic mass is 16.2. The average Bonchev–Trinajstić information content (AvgIpc) is 3.51. The van der Waals surface area contributed by atoms with Crippen LogP contribution in [0.3, 0.4) is 0 Å². The summed E-state index contributed by atoms with van der Waals surface area (Å²) in [7, 11) is 0. The van der Waals surface area contributed by atoms with E-state index in [4.69, 9.17) is 0 Å². The Hall–Kier alpha value is -4.98. The zero-order chi connectivity index (χ0) is 24.9. The zero-order valence-electron chi connectivity index (χ0n) is 19.3. The second-order valence-electron chi connectivity index (χ2n) is 8.27. The number of carbonyl (C=O) groups excluding carboxylic acids is 2. The van der Waals surface area contributed by atoms with Crippen molar-refractivity contribution in [3.8, 4) is 0 Å². The van der Waals surface area contributed by atoms with Crippen molar-refractivity contribution in [1.29, 1.82) is 0 Å². The minimum Gasteiger partial charge on any atom is -0.362 e. The normalized spacial score (nSPS) is 13.7. The van der Waals surface area contributed by atoms with E-state index in [1.54, 1.807) is 30.7 Å². The van der Waals surface area contributed by atoms with Crippen LogP contribution in [-0.4, -0.2) is 32.9 Å². The first-order chi connectivity index (χ1) is 17.6. The summed E-state index contributed by atoms with van der Waals surface area (Å²) in [4.78, 5) is 44.8. The number of aromatic amines is 1. The molecular weight excluding hydrogens is 454 g/mol. The second kappa shape index (κ2) is 10.1. The van der Waals surface area contributed by atoms with Gasteiger partial charge in [-0.15, -0.1) is 0 Å². The molecule has 0 atom stereocenters. The number of benzene rings is 1. The highest BCUT2D eigenvalue weighted by Crippen LogP contribution is 2.33. The minimum absolute atomic E-state index is 0.0848. The topological polar surface area (TPSA) is 109 Å². The lowest BCUT2D eigenvalue weighted by Gasteiger charge is -2.08. The van der Waals surface area contributed by atoms with Crippen LogP contribution in [0.5, 0.6) is 0 Å². The fourth-order valence-electron chi connectivity index (χ4n) is 4.01. The van der Waals surface area contributed by atoms with Gasteiger partial charge in [0.2, 0.25) is 0 Å². The molecule has 4 aromatic rings. The highest BCUT2D eigenvalue weighted by Gasteiger charge is 2.24. The maximum atomic E-state index is 12.8. The number of pyridine rings is 2. The number of rotatable bonds is 7. The standard InChI is InChI=1S/C28H23N5O3/c34-26(23-6-3-15-33(28(23)36)18-20-9-13-29-14-10-20)31-12-1-4-19-7-8-22-24(17-21-5-2-11-30-21)27(35)32-25(22)16-19/h1-11,13-17,30H,12,18H2,(H,31,34)(H,32,35). The number of hydrogen-bond donors (Lipinski definition) is 3. The molecule has 8 heteroatoms. The molecule has 8 nitrogen and oxygen atoms in total. The van der Waals surface area contributed by atoms with Crippen LogP contribution in [0.2, 0.25) is 0 Å². The number of hydrogen-bond acceptors (Lipinski definition) is 4. The van der Waals surface area contributed by atoms with Crippen LogP contribution in [0.25, 0.3) is 17.7 Å². The summed E-state index contributed by atoms with van der Waals surface area (Å²) < 4.78 is 1.50. The van der Waals surface area contributed by atoms with E-state index in [-0.39, 0.29) is 23.6 Å². The Bertz CT molecular complexity index is 1530. The van der Waals surface area contributed by atoms with Crippen molar-refractivity contribution in [2.45, 2.75) is 6.54 Å². The Morgan fingerprint density at radius 3 is 2.72 bits per heavy atom. The number of anilines is 1. The molecule has 0 fully saturated rings. The monoisotopic (exact) mass is 477 g/mol. The molecule has 5 rings (SSSR count). The predicted molar refractivity (Wildman–Crippen MR) is 139 cm³/mol. The van der Waals surface area contributed by atoms with Crippen molar-refractivity contribution in [2.24, 2.45) is 0 Å². The largest absolute Gasteiger partial charge is 0.362 e. The van der Waals surface area contributed by atoms with Crippen LogP contribution < -0.4 is 16.2 Å². The Balaban J connectivity index is 1.22. The molecule has 178 valence electrons. The van der Waals surface area contributed by atoms with Crippen molar-refractivity contribution in [3.05, 3.63) is 124 Å². The number of carbonyl (C=O) groups is 2. The molecular formula is C28H23N5O3. The van der Waals surface area contributed by atoms with Gasteiger partial charge in [-0.05, 0) is 59.7 Å². The number of aromatic nitrogens is 3. The van der Waals surface area contributed by atoms with Crippen LogP contribution in [0.15, 0.2) is 90.3 Å². The molecule has 0 saturated carbocycles. The Kier molecular flexibility index (Phi) is 6.40. The summed E-state index contributed by atoms with van der Waals surface area (Å²) >= 11 is 0. The molecule has 1 aromatic carbocycles. The SMILES string of the molecule is O=C1Nc2cc(C=CCNC(=O)c3cccn(Cc4ccncc4)c3=O)ccc2C1=Cc1ccc[nH]1. The van der Waals surface area contributed by atoms with Crippen LogP contribution in [0, 0.1) is 0 Å². The average molecular weight is 478 g/mol. The molecule has 3 aromatic heterocycles. The van der Waals surface area contributed by atoms with E-state index < -0.39 is 5.91 Å². The first-order valence-electron chi connectivity index (χ1n) is 11.4. The third kappa shape index (κ3) is 4.92. The number of H-pyrrole nitrogens is 1. The van der Waals surface area contributed by atoms with Crippen LogP contribution in [0.1, 0.15) is 32.7 Å². The molecule has 0 radical (unpaired) electrons. The van der Waals surface area contributed by atoms with Gasteiger partial charge in [-0.2, -0.15) is 0 Å². The minimum atomic E-state index is -0.436. The van der Waals surface area contributed by atoms with Crippen LogP contribution in [-0.2, 0) is 11.3 Å². The van der Waals surface area contributed by atoms with E-state index >= 15 is 0 Å². The van der Waals surface area contributed by atoms with Gasteiger partial charge in [-0.1, -0.05) is 24.3 Å². The Morgan fingerprint density at radius 1 is 1.06 bits per heavy atom. The smallest absolute Gasteiger partial charge is 0.263 e. The van der Waals surface area contributed by atoms with Crippen LogP contribution >= 0.6 is 0 Å². The maximum absolute atomic E-state index is 12.8. The highest BCUT2D eigenvalue weighted by molar-refractivity contribution is 6.34. The molecule has 2 amide bonds. The van der Waals surface area contributed by atoms with Crippen LogP contribution in [0.4, 0.5) is 5.69 Å². The van der Waals surface area contributed by atoms with Gasteiger partial charge in [0.1, 0.15) is 5.56 Å². The van der Waals surface area contributed by atoms with E-state index in [0.29, 0.717) is 12.1 Å². The summed E-state index contributed by atoms with van der Waals surface area (Å²) in [6.45, 7) is 0.609. The molecule has 0 bridgehead atoms. The summed E-state index contributed by atoms with van der Waals surface area (Å²) in [5.41, 5.74) is 4.57. The lowest BCUT2D eigenvalue weighted by molar-refractivity contribution is -0.110. The molecule has 1 aliphatic rings.